The summed E-state index contributed by atoms with van der Waals surface area (Å²) in [6.45, 7) is 1.74. The maximum absolute atomic E-state index is 12.6. The standard InChI is InChI=1S/C17H11F3N6O/c1-10-8-11(16(27)23-25-21)2-7-14(10)15-22-9-26(24-15)13-5-3-12(4-6-13)17(18,19)20/h2-9H,1H3. The lowest BCUT2D eigenvalue weighted by atomic mass is 10.0. The maximum atomic E-state index is 12.6. The molecule has 10 heteroatoms. The van der Waals surface area contributed by atoms with E-state index in [1.807, 2.05) is 0 Å². The summed E-state index contributed by atoms with van der Waals surface area (Å²) in [5, 5.41) is 7.30. The SMILES string of the molecule is Cc1cc(C(=O)N=[N+]=[N-])ccc1-c1ncn(-c2ccc(C(F)(F)F)cc2)n1. The quantitative estimate of drug-likeness (QED) is 0.378. The van der Waals surface area contributed by atoms with Gasteiger partial charge in [0.05, 0.1) is 11.3 Å². The van der Waals surface area contributed by atoms with Gasteiger partial charge in [0.1, 0.15) is 6.33 Å². The number of rotatable bonds is 3. The normalized spacial score (nSPS) is 11.1. The van der Waals surface area contributed by atoms with Gasteiger partial charge < -0.3 is 0 Å². The Labute approximate surface area is 150 Å². The highest BCUT2D eigenvalue weighted by atomic mass is 19.4. The summed E-state index contributed by atoms with van der Waals surface area (Å²) in [4.78, 5) is 18.2. The van der Waals surface area contributed by atoms with Crippen molar-refractivity contribution in [3.05, 3.63) is 75.9 Å². The number of carbonyl (C=O) groups is 1. The zero-order valence-corrected chi connectivity index (χ0v) is 13.8. The van der Waals surface area contributed by atoms with Gasteiger partial charge in [0.2, 0.25) is 5.91 Å². The molecule has 27 heavy (non-hydrogen) atoms. The molecule has 136 valence electrons. The van der Waals surface area contributed by atoms with Crippen molar-refractivity contribution < 1.29 is 18.0 Å². The molecule has 0 fully saturated rings. The van der Waals surface area contributed by atoms with Crippen LogP contribution in [0.15, 0.2) is 53.9 Å². The number of aryl methyl sites for hydroxylation is 1. The predicted molar refractivity (Wildman–Crippen MR) is 90.0 cm³/mol. The second-order valence-corrected chi connectivity index (χ2v) is 5.58. The smallest absolute Gasteiger partial charge is 0.287 e. The monoisotopic (exact) mass is 372 g/mol. The molecule has 0 atom stereocenters. The first-order valence-electron chi connectivity index (χ1n) is 7.59. The molecular formula is C17H11F3N6O. The Morgan fingerprint density at radius 2 is 1.89 bits per heavy atom. The number of amides is 1. The summed E-state index contributed by atoms with van der Waals surface area (Å²) in [5.41, 5.74) is 9.55. The van der Waals surface area contributed by atoms with Crippen LogP contribution in [0.4, 0.5) is 13.2 Å². The van der Waals surface area contributed by atoms with E-state index in [2.05, 4.69) is 20.1 Å². The molecule has 3 aromatic rings. The first-order valence-corrected chi connectivity index (χ1v) is 7.59. The molecule has 0 aliphatic carbocycles. The molecule has 0 aliphatic rings. The van der Waals surface area contributed by atoms with Crippen LogP contribution in [0.1, 0.15) is 21.5 Å². The fourth-order valence-electron chi connectivity index (χ4n) is 2.46. The van der Waals surface area contributed by atoms with Gasteiger partial charge in [0, 0.05) is 16.0 Å². The molecule has 1 heterocycles. The Morgan fingerprint density at radius 3 is 2.48 bits per heavy atom. The topological polar surface area (TPSA) is 96.5 Å². The Hall–Kier alpha value is -3.65. The van der Waals surface area contributed by atoms with Crippen LogP contribution in [0, 0.1) is 6.92 Å². The van der Waals surface area contributed by atoms with Gasteiger partial charge in [-0.05, 0) is 53.5 Å². The minimum atomic E-state index is -4.40. The fraction of sp³-hybridized carbons (Fsp3) is 0.118. The Balaban J connectivity index is 1.90. The van der Waals surface area contributed by atoms with Crippen molar-refractivity contribution in [1.82, 2.24) is 14.8 Å². The Bertz CT molecular complexity index is 1050. The lowest BCUT2D eigenvalue weighted by molar-refractivity contribution is -0.137. The summed E-state index contributed by atoms with van der Waals surface area (Å²) in [7, 11) is 0. The molecule has 0 N–H and O–H groups in total. The Kier molecular flexibility index (Phi) is 4.66. The predicted octanol–water partition coefficient (Wildman–Crippen LogP) is 4.71. The molecule has 0 aliphatic heterocycles. The first-order chi connectivity index (χ1) is 12.8. The van der Waals surface area contributed by atoms with Crippen molar-refractivity contribution >= 4 is 5.91 Å². The lowest BCUT2D eigenvalue weighted by Gasteiger charge is -2.07. The van der Waals surface area contributed by atoms with Gasteiger partial charge in [0.25, 0.3) is 0 Å². The van der Waals surface area contributed by atoms with E-state index in [4.69, 9.17) is 5.53 Å². The summed E-state index contributed by atoms with van der Waals surface area (Å²) >= 11 is 0. The number of hydrogen-bond donors (Lipinski definition) is 0. The molecule has 0 saturated carbocycles. The second kappa shape index (κ2) is 6.93. The molecule has 1 aromatic heterocycles. The van der Waals surface area contributed by atoms with Crippen molar-refractivity contribution in [3.63, 3.8) is 0 Å². The molecule has 0 spiro atoms. The summed E-state index contributed by atoms with van der Waals surface area (Å²) in [6, 6.07) is 9.19. The average Bonchev–Trinajstić information content (AvgIpc) is 3.11. The largest absolute Gasteiger partial charge is 0.416 e. The van der Waals surface area contributed by atoms with Crippen molar-refractivity contribution in [2.75, 3.05) is 0 Å². The third kappa shape index (κ3) is 3.80. The summed E-state index contributed by atoms with van der Waals surface area (Å²) < 4.78 is 39.3. The van der Waals surface area contributed by atoms with Gasteiger partial charge in [-0.1, -0.05) is 12.1 Å². The maximum Gasteiger partial charge on any atom is 0.416 e. The molecule has 0 bridgehead atoms. The third-order valence-corrected chi connectivity index (χ3v) is 3.80. The van der Waals surface area contributed by atoms with Crippen molar-refractivity contribution in [1.29, 1.82) is 0 Å². The number of alkyl halides is 3. The molecule has 0 radical (unpaired) electrons. The molecule has 2 aromatic carbocycles. The van der Waals surface area contributed by atoms with Crippen LogP contribution in [0.25, 0.3) is 27.5 Å². The highest BCUT2D eigenvalue weighted by Gasteiger charge is 2.30. The molecule has 3 rings (SSSR count). The number of azide groups is 1. The van der Waals surface area contributed by atoms with Crippen molar-refractivity contribution in [2.45, 2.75) is 13.1 Å². The molecular weight excluding hydrogens is 361 g/mol. The first kappa shape index (κ1) is 18.2. The Morgan fingerprint density at radius 1 is 1.19 bits per heavy atom. The van der Waals surface area contributed by atoms with Gasteiger partial charge in [-0.15, -0.1) is 5.10 Å². The van der Waals surface area contributed by atoms with Gasteiger partial charge in [-0.25, -0.2) is 9.67 Å². The van der Waals surface area contributed by atoms with Gasteiger partial charge in [-0.3, -0.25) is 4.79 Å². The van der Waals surface area contributed by atoms with Gasteiger partial charge in [-0.2, -0.15) is 13.2 Å². The zero-order valence-electron chi connectivity index (χ0n) is 13.8. The van der Waals surface area contributed by atoms with Crippen LogP contribution in [0.2, 0.25) is 0 Å². The summed E-state index contributed by atoms with van der Waals surface area (Å²) in [6.07, 6.45) is -3.02. The van der Waals surface area contributed by atoms with Crippen molar-refractivity contribution in [2.24, 2.45) is 5.11 Å². The van der Waals surface area contributed by atoms with E-state index in [1.54, 1.807) is 19.1 Å². The third-order valence-electron chi connectivity index (χ3n) is 3.80. The van der Waals surface area contributed by atoms with Gasteiger partial charge >= 0.3 is 6.18 Å². The number of aromatic nitrogens is 3. The highest BCUT2D eigenvalue weighted by molar-refractivity contribution is 5.95. The van der Waals surface area contributed by atoms with Crippen LogP contribution < -0.4 is 0 Å². The number of hydrogen-bond acceptors (Lipinski definition) is 3. The van der Waals surface area contributed by atoms with Gasteiger partial charge in [0.15, 0.2) is 5.82 Å². The van der Waals surface area contributed by atoms with E-state index in [1.165, 1.54) is 29.2 Å². The molecule has 7 nitrogen and oxygen atoms in total. The minimum absolute atomic E-state index is 0.233. The van der Waals surface area contributed by atoms with Crippen LogP contribution in [-0.4, -0.2) is 20.7 Å². The summed E-state index contributed by atoms with van der Waals surface area (Å²) in [5.74, 6) is -0.356. The van der Waals surface area contributed by atoms with E-state index in [-0.39, 0.29) is 5.56 Å². The molecule has 0 saturated heterocycles. The second-order valence-electron chi connectivity index (χ2n) is 5.58. The number of nitrogens with zero attached hydrogens (tertiary/aromatic N) is 6. The average molecular weight is 372 g/mol. The van der Waals surface area contributed by atoms with Crippen LogP contribution >= 0.6 is 0 Å². The van der Waals surface area contributed by atoms with Crippen LogP contribution in [0.3, 0.4) is 0 Å². The number of carbonyl (C=O) groups excluding carboxylic acids is 1. The molecule has 1 amide bonds. The van der Waals surface area contributed by atoms with E-state index >= 15 is 0 Å². The van der Waals surface area contributed by atoms with E-state index in [0.29, 0.717) is 22.6 Å². The minimum Gasteiger partial charge on any atom is -0.287 e. The highest BCUT2D eigenvalue weighted by Crippen LogP contribution is 2.29. The van der Waals surface area contributed by atoms with Crippen LogP contribution in [-0.2, 0) is 6.18 Å². The molecule has 0 unspecified atom stereocenters. The van der Waals surface area contributed by atoms with E-state index < -0.39 is 17.6 Å². The van der Waals surface area contributed by atoms with E-state index in [9.17, 15) is 18.0 Å². The number of benzene rings is 2. The fourth-order valence-corrected chi connectivity index (χ4v) is 2.46. The number of halogens is 3. The van der Waals surface area contributed by atoms with Crippen molar-refractivity contribution in [3.8, 4) is 17.1 Å². The van der Waals surface area contributed by atoms with Crippen LogP contribution in [0.5, 0.6) is 0 Å². The lowest BCUT2D eigenvalue weighted by Crippen LogP contribution is -2.05. The van der Waals surface area contributed by atoms with E-state index in [0.717, 1.165) is 12.1 Å². The zero-order chi connectivity index (χ0) is 19.6.